The number of hydrogen-bond acceptors (Lipinski definition) is 4. The highest BCUT2D eigenvalue weighted by Gasteiger charge is 2.38. The Morgan fingerprint density at radius 3 is 2.48 bits per heavy atom. The quantitative estimate of drug-likeness (QED) is 0.545. The predicted octanol–water partition coefficient (Wildman–Crippen LogP) is 3.77. The maximum absolute atomic E-state index is 13.2. The van der Waals surface area contributed by atoms with Crippen LogP contribution in [0.2, 0.25) is 0 Å². The molecular weight excluding hydrogens is 364 g/mol. The van der Waals surface area contributed by atoms with Gasteiger partial charge in [-0.25, -0.2) is 4.98 Å². The molecule has 1 aliphatic rings. The van der Waals surface area contributed by atoms with Gasteiger partial charge in [0.2, 0.25) is 0 Å². The van der Waals surface area contributed by atoms with Gasteiger partial charge in [-0.1, -0.05) is 60.2 Å². The molecular formula is C23H18N4O2. The van der Waals surface area contributed by atoms with Crippen LogP contribution in [0.1, 0.15) is 31.8 Å². The van der Waals surface area contributed by atoms with E-state index < -0.39 is 0 Å². The van der Waals surface area contributed by atoms with Crippen LogP contribution in [0, 0.1) is 6.92 Å². The van der Waals surface area contributed by atoms with Gasteiger partial charge < -0.3 is 0 Å². The van der Waals surface area contributed by atoms with Gasteiger partial charge in [0, 0.05) is 18.3 Å². The Kier molecular flexibility index (Phi) is 3.98. The standard InChI is InChI=1S/C23H18N4O2/c1-14-7-9-16(10-8-14)20-19-18-17(13-24-21(19)26-25-20)22(28)27(23(18)29)12-11-15-5-3-2-4-6-15/h2-10,13H,11-12H2,1H3,(H,24,25,26). The van der Waals surface area contributed by atoms with Crippen LogP contribution in [0.25, 0.3) is 22.3 Å². The van der Waals surface area contributed by atoms with E-state index in [0.717, 1.165) is 16.7 Å². The van der Waals surface area contributed by atoms with Crippen molar-refractivity contribution in [3.63, 3.8) is 0 Å². The monoisotopic (exact) mass is 382 g/mol. The van der Waals surface area contributed by atoms with E-state index in [9.17, 15) is 9.59 Å². The first kappa shape index (κ1) is 17.3. The number of H-pyrrole nitrogens is 1. The average Bonchev–Trinajstić information content (AvgIpc) is 3.27. The van der Waals surface area contributed by atoms with Gasteiger partial charge in [0.05, 0.1) is 16.5 Å². The largest absolute Gasteiger partial charge is 0.274 e. The Hall–Kier alpha value is -3.80. The van der Waals surface area contributed by atoms with Crippen molar-refractivity contribution in [3.8, 4) is 11.3 Å². The fourth-order valence-corrected chi connectivity index (χ4v) is 3.76. The van der Waals surface area contributed by atoms with E-state index in [4.69, 9.17) is 0 Å². The minimum Gasteiger partial charge on any atom is -0.274 e. The summed E-state index contributed by atoms with van der Waals surface area (Å²) in [6.45, 7) is 2.34. The smallest absolute Gasteiger partial charge is 0.263 e. The predicted molar refractivity (Wildman–Crippen MR) is 110 cm³/mol. The summed E-state index contributed by atoms with van der Waals surface area (Å²) in [6, 6.07) is 17.7. The maximum Gasteiger partial charge on any atom is 0.263 e. The highest BCUT2D eigenvalue weighted by Crippen LogP contribution is 2.34. The lowest BCUT2D eigenvalue weighted by Crippen LogP contribution is -2.31. The number of pyridine rings is 1. The highest BCUT2D eigenvalue weighted by molar-refractivity contribution is 6.27. The number of aryl methyl sites for hydroxylation is 1. The van der Waals surface area contributed by atoms with Crippen LogP contribution in [-0.2, 0) is 6.42 Å². The first-order chi connectivity index (χ1) is 14.1. The summed E-state index contributed by atoms with van der Waals surface area (Å²) in [7, 11) is 0. The number of fused-ring (bicyclic) bond motifs is 3. The molecule has 6 heteroatoms. The number of carbonyl (C=O) groups excluding carboxylic acids is 2. The first-order valence-electron chi connectivity index (χ1n) is 9.47. The second-order valence-corrected chi connectivity index (χ2v) is 7.21. The molecule has 0 aliphatic carbocycles. The lowest BCUT2D eigenvalue weighted by molar-refractivity contribution is 0.0656. The molecule has 0 bridgehead atoms. The Morgan fingerprint density at radius 1 is 0.966 bits per heavy atom. The second kappa shape index (κ2) is 6.67. The molecule has 0 atom stereocenters. The minimum atomic E-state index is -0.300. The van der Waals surface area contributed by atoms with Crippen molar-refractivity contribution >= 4 is 22.8 Å². The number of aromatic nitrogens is 3. The van der Waals surface area contributed by atoms with Gasteiger partial charge in [0.1, 0.15) is 5.69 Å². The highest BCUT2D eigenvalue weighted by atomic mass is 16.2. The number of rotatable bonds is 4. The van der Waals surface area contributed by atoms with Crippen LogP contribution in [0.4, 0.5) is 0 Å². The number of nitrogens with zero attached hydrogens (tertiary/aromatic N) is 3. The van der Waals surface area contributed by atoms with Crippen LogP contribution in [0.3, 0.4) is 0 Å². The fraction of sp³-hybridized carbons (Fsp3) is 0.130. The molecule has 142 valence electrons. The van der Waals surface area contributed by atoms with Crippen LogP contribution < -0.4 is 0 Å². The van der Waals surface area contributed by atoms with Gasteiger partial charge in [-0.3, -0.25) is 19.6 Å². The molecule has 1 aliphatic heterocycles. The summed E-state index contributed by atoms with van der Waals surface area (Å²) < 4.78 is 0. The summed E-state index contributed by atoms with van der Waals surface area (Å²) in [5, 5.41) is 7.88. The molecule has 2 amide bonds. The third kappa shape index (κ3) is 2.81. The van der Waals surface area contributed by atoms with Crippen molar-refractivity contribution in [2.45, 2.75) is 13.3 Å². The van der Waals surface area contributed by atoms with Crippen LogP contribution >= 0.6 is 0 Å². The molecule has 0 saturated carbocycles. The topological polar surface area (TPSA) is 79.0 Å². The van der Waals surface area contributed by atoms with E-state index in [2.05, 4.69) is 15.2 Å². The molecule has 0 radical (unpaired) electrons. The molecule has 0 fully saturated rings. The van der Waals surface area contributed by atoms with Crippen molar-refractivity contribution in [1.29, 1.82) is 0 Å². The SMILES string of the molecule is Cc1ccc(-c2n[nH]c3ncc4c(c23)C(=O)N(CCc2ccccc2)C4=O)cc1. The number of aromatic amines is 1. The number of amides is 2. The first-order valence-corrected chi connectivity index (χ1v) is 9.47. The maximum atomic E-state index is 13.2. The fourth-order valence-electron chi connectivity index (χ4n) is 3.76. The summed E-state index contributed by atoms with van der Waals surface area (Å²) in [5.74, 6) is -0.588. The van der Waals surface area contributed by atoms with Crippen LogP contribution in [0.15, 0.2) is 60.8 Å². The number of nitrogens with one attached hydrogen (secondary N) is 1. The molecule has 2 aromatic heterocycles. The molecule has 5 rings (SSSR count). The molecule has 0 unspecified atom stereocenters. The Balaban J connectivity index is 1.56. The van der Waals surface area contributed by atoms with Gasteiger partial charge in [-0.2, -0.15) is 5.10 Å². The number of benzene rings is 2. The Morgan fingerprint density at radius 2 is 1.72 bits per heavy atom. The zero-order chi connectivity index (χ0) is 20.0. The lowest BCUT2D eigenvalue weighted by Gasteiger charge is -2.13. The molecule has 0 spiro atoms. The van der Waals surface area contributed by atoms with E-state index in [0.29, 0.717) is 40.8 Å². The van der Waals surface area contributed by atoms with Gasteiger partial charge in [-0.05, 0) is 18.9 Å². The van der Waals surface area contributed by atoms with E-state index in [1.807, 2.05) is 61.5 Å². The van der Waals surface area contributed by atoms with Gasteiger partial charge in [0.15, 0.2) is 5.65 Å². The van der Waals surface area contributed by atoms with E-state index in [1.54, 1.807) is 0 Å². The van der Waals surface area contributed by atoms with Crippen molar-refractivity contribution in [3.05, 3.63) is 83.0 Å². The van der Waals surface area contributed by atoms with Crippen LogP contribution in [-0.4, -0.2) is 38.4 Å². The average molecular weight is 382 g/mol. The van der Waals surface area contributed by atoms with Gasteiger partial charge in [0.25, 0.3) is 11.8 Å². The van der Waals surface area contributed by atoms with Crippen molar-refractivity contribution in [2.75, 3.05) is 6.54 Å². The van der Waals surface area contributed by atoms with E-state index in [-0.39, 0.29) is 11.8 Å². The number of hydrogen-bond donors (Lipinski definition) is 1. The summed E-state index contributed by atoms with van der Waals surface area (Å²) in [4.78, 5) is 31.8. The Labute approximate surface area is 167 Å². The Bertz CT molecular complexity index is 1240. The van der Waals surface area contributed by atoms with E-state index >= 15 is 0 Å². The van der Waals surface area contributed by atoms with E-state index in [1.165, 1.54) is 11.1 Å². The molecule has 6 nitrogen and oxygen atoms in total. The third-order valence-electron chi connectivity index (χ3n) is 5.32. The van der Waals surface area contributed by atoms with Crippen LogP contribution in [0.5, 0.6) is 0 Å². The number of carbonyl (C=O) groups is 2. The molecule has 2 aromatic carbocycles. The number of imide groups is 1. The molecule has 3 heterocycles. The minimum absolute atomic E-state index is 0.289. The molecule has 1 N–H and O–H groups in total. The summed E-state index contributed by atoms with van der Waals surface area (Å²) in [5.41, 5.74) is 4.95. The van der Waals surface area contributed by atoms with Gasteiger partial charge >= 0.3 is 0 Å². The summed E-state index contributed by atoms with van der Waals surface area (Å²) in [6.07, 6.45) is 2.08. The third-order valence-corrected chi connectivity index (χ3v) is 5.32. The molecule has 4 aromatic rings. The summed E-state index contributed by atoms with van der Waals surface area (Å²) >= 11 is 0. The normalized spacial score (nSPS) is 13.3. The second-order valence-electron chi connectivity index (χ2n) is 7.21. The zero-order valence-electron chi connectivity index (χ0n) is 15.8. The zero-order valence-corrected chi connectivity index (χ0v) is 15.8. The molecule has 0 saturated heterocycles. The molecule has 29 heavy (non-hydrogen) atoms. The van der Waals surface area contributed by atoms with Crippen molar-refractivity contribution in [2.24, 2.45) is 0 Å². The van der Waals surface area contributed by atoms with Gasteiger partial charge in [-0.15, -0.1) is 0 Å². The van der Waals surface area contributed by atoms with Crippen molar-refractivity contribution < 1.29 is 9.59 Å². The lowest BCUT2D eigenvalue weighted by atomic mass is 10.0. The van der Waals surface area contributed by atoms with Crippen molar-refractivity contribution in [1.82, 2.24) is 20.1 Å².